The van der Waals surface area contributed by atoms with Crippen LogP contribution in [0.3, 0.4) is 0 Å². The van der Waals surface area contributed by atoms with Gasteiger partial charge < -0.3 is 5.11 Å². The van der Waals surface area contributed by atoms with E-state index < -0.39 is 9.84 Å². The molecule has 2 bridgehead atoms. The molecule has 21 heavy (non-hydrogen) atoms. The van der Waals surface area contributed by atoms with Gasteiger partial charge in [0.15, 0.2) is 9.84 Å². The van der Waals surface area contributed by atoms with Crippen molar-refractivity contribution in [1.29, 1.82) is 0 Å². The molecule has 116 valence electrons. The zero-order chi connectivity index (χ0) is 15.0. The lowest BCUT2D eigenvalue weighted by molar-refractivity contribution is 0.0391. The minimum Gasteiger partial charge on any atom is -0.393 e. The summed E-state index contributed by atoms with van der Waals surface area (Å²) in [6, 6.07) is 7.53. The van der Waals surface area contributed by atoms with Gasteiger partial charge in [-0.05, 0) is 49.9 Å². The number of piperidine rings is 1. The van der Waals surface area contributed by atoms with Crippen molar-refractivity contribution in [2.45, 2.75) is 48.8 Å². The van der Waals surface area contributed by atoms with Crippen LogP contribution in [-0.2, 0) is 9.84 Å². The van der Waals surface area contributed by atoms with Gasteiger partial charge in [0.25, 0.3) is 0 Å². The summed E-state index contributed by atoms with van der Waals surface area (Å²) < 4.78 is 25.7. The van der Waals surface area contributed by atoms with Gasteiger partial charge in [0, 0.05) is 23.1 Å². The van der Waals surface area contributed by atoms with Gasteiger partial charge in [0.1, 0.15) is 0 Å². The first kappa shape index (κ1) is 15.5. The number of halogens is 1. The number of fused-ring (bicyclic) bond motifs is 2. The van der Waals surface area contributed by atoms with Gasteiger partial charge in [-0.25, -0.2) is 8.42 Å². The normalized spacial score (nSPS) is 29.7. The first-order valence-electron chi connectivity index (χ1n) is 7.38. The number of benzene rings is 1. The van der Waals surface area contributed by atoms with Crippen LogP contribution < -0.4 is 0 Å². The first-order valence-corrected chi connectivity index (χ1v) is 9.82. The average molecular weight is 374 g/mol. The van der Waals surface area contributed by atoms with Crippen LogP contribution in [0.25, 0.3) is 0 Å². The second-order valence-corrected chi connectivity index (χ2v) is 9.05. The van der Waals surface area contributed by atoms with E-state index in [-0.39, 0.29) is 11.9 Å². The molecule has 0 aliphatic carbocycles. The van der Waals surface area contributed by atoms with Gasteiger partial charge in [0.2, 0.25) is 0 Å². The van der Waals surface area contributed by atoms with Crippen molar-refractivity contribution in [2.75, 3.05) is 12.3 Å². The molecule has 1 aromatic rings. The second kappa shape index (κ2) is 5.99. The second-order valence-electron chi connectivity index (χ2n) is 6.02. The Morgan fingerprint density at radius 3 is 2.29 bits per heavy atom. The van der Waals surface area contributed by atoms with E-state index in [4.69, 9.17) is 0 Å². The molecule has 1 aromatic carbocycles. The molecule has 2 aliphatic heterocycles. The van der Waals surface area contributed by atoms with E-state index in [0.717, 1.165) is 30.2 Å². The number of nitrogens with zero attached hydrogens (tertiary/aromatic N) is 1. The summed E-state index contributed by atoms with van der Waals surface area (Å²) in [6.45, 7) is 0.570. The fraction of sp³-hybridized carbons (Fsp3) is 0.600. The third kappa shape index (κ3) is 3.33. The van der Waals surface area contributed by atoms with Crippen LogP contribution in [0.4, 0.5) is 0 Å². The van der Waals surface area contributed by atoms with Crippen LogP contribution in [0.15, 0.2) is 33.6 Å². The Balaban J connectivity index is 1.66. The van der Waals surface area contributed by atoms with Gasteiger partial charge >= 0.3 is 0 Å². The van der Waals surface area contributed by atoms with Crippen LogP contribution in [0.1, 0.15) is 25.7 Å². The predicted octanol–water partition coefficient (Wildman–Crippen LogP) is 2.21. The highest BCUT2D eigenvalue weighted by Crippen LogP contribution is 2.35. The Hall–Kier alpha value is -0.430. The van der Waals surface area contributed by atoms with Crippen LogP contribution >= 0.6 is 15.9 Å². The molecule has 2 saturated heterocycles. The topological polar surface area (TPSA) is 57.6 Å². The summed E-state index contributed by atoms with van der Waals surface area (Å²) >= 11 is 3.32. The largest absolute Gasteiger partial charge is 0.393 e. The number of aliphatic hydroxyl groups excluding tert-OH is 1. The highest BCUT2D eigenvalue weighted by atomic mass is 79.9. The Labute approximate surface area is 134 Å². The van der Waals surface area contributed by atoms with E-state index in [1.807, 2.05) is 0 Å². The molecular weight excluding hydrogens is 354 g/mol. The van der Waals surface area contributed by atoms with Crippen molar-refractivity contribution >= 4 is 25.8 Å². The molecule has 1 N–H and O–H groups in total. The quantitative estimate of drug-likeness (QED) is 0.878. The van der Waals surface area contributed by atoms with Crippen molar-refractivity contribution in [2.24, 2.45) is 0 Å². The van der Waals surface area contributed by atoms with E-state index in [2.05, 4.69) is 20.8 Å². The number of aliphatic hydroxyl groups is 1. The van der Waals surface area contributed by atoms with E-state index in [0.29, 0.717) is 23.5 Å². The number of rotatable bonds is 4. The molecule has 2 fully saturated rings. The average Bonchev–Trinajstić information content (AvgIpc) is 2.68. The maximum absolute atomic E-state index is 12.4. The van der Waals surface area contributed by atoms with E-state index in [1.165, 1.54) is 0 Å². The standard InChI is InChI=1S/C15H20BrNO3S/c16-11-1-5-15(6-2-11)21(19,20)8-7-17-12-3-4-13(17)10-14(18)9-12/h1-2,5-6,12-14,18H,3-4,7-10H2. The molecule has 2 unspecified atom stereocenters. The molecular formula is C15H20BrNO3S. The maximum Gasteiger partial charge on any atom is 0.179 e. The smallest absolute Gasteiger partial charge is 0.179 e. The molecule has 2 aliphatic rings. The Bertz CT molecular complexity index is 588. The van der Waals surface area contributed by atoms with Crippen molar-refractivity contribution < 1.29 is 13.5 Å². The lowest BCUT2D eigenvalue weighted by atomic mass is 10.0. The van der Waals surface area contributed by atoms with E-state index >= 15 is 0 Å². The molecule has 0 amide bonds. The van der Waals surface area contributed by atoms with Crippen molar-refractivity contribution in [3.8, 4) is 0 Å². The van der Waals surface area contributed by atoms with Gasteiger partial charge in [-0.3, -0.25) is 4.90 Å². The Morgan fingerprint density at radius 1 is 1.14 bits per heavy atom. The van der Waals surface area contributed by atoms with Crippen LogP contribution in [0, 0.1) is 0 Å². The van der Waals surface area contributed by atoms with Crippen LogP contribution in [0.2, 0.25) is 0 Å². The predicted molar refractivity (Wildman–Crippen MR) is 85.0 cm³/mol. The van der Waals surface area contributed by atoms with Crippen LogP contribution in [0.5, 0.6) is 0 Å². The van der Waals surface area contributed by atoms with E-state index in [1.54, 1.807) is 24.3 Å². The lowest BCUT2D eigenvalue weighted by Gasteiger charge is -2.37. The molecule has 4 nitrogen and oxygen atoms in total. The van der Waals surface area contributed by atoms with Gasteiger partial charge in [0.05, 0.1) is 16.8 Å². The summed E-state index contributed by atoms with van der Waals surface area (Å²) in [6.07, 6.45) is 3.53. The minimum atomic E-state index is -3.23. The summed E-state index contributed by atoms with van der Waals surface area (Å²) in [5.41, 5.74) is 0. The summed E-state index contributed by atoms with van der Waals surface area (Å²) in [5.74, 6) is 0.151. The van der Waals surface area contributed by atoms with Gasteiger partial charge in [-0.2, -0.15) is 0 Å². The molecule has 0 aromatic heterocycles. The SMILES string of the molecule is O=S(=O)(CCN1C2CCC1CC(O)C2)c1ccc(Br)cc1. The third-order valence-corrected chi connectivity index (χ3v) is 6.89. The number of hydrogen-bond acceptors (Lipinski definition) is 4. The maximum atomic E-state index is 12.4. The van der Waals surface area contributed by atoms with Crippen molar-refractivity contribution in [3.63, 3.8) is 0 Å². The monoisotopic (exact) mass is 373 g/mol. The summed E-state index contributed by atoms with van der Waals surface area (Å²) in [4.78, 5) is 2.68. The van der Waals surface area contributed by atoms with Crippen LogP contribution in [-0.4, -0.2) is 48.9 Å². The number of hydrogen-bond donors (Lipinski definition) is 1. The summed E-state index contributed by atoms with van der Waals surface area (Å²) in [5, 5.41) is 9.79. The lowest BCUT2D eigenvalue weighted by Crippen LogP contribution is -2.46. The minimum absolute atomic E-state index is 0.151. The Kier molecular flexibility index (Phi) is 4.41. The molecule has 0 saturated carbocycles. The van der Waals surface area contributed by atoms with E-state index in [9.17, 15) is 13.5 Å². The Morgan fingerprint density at radius 2 is 1.71 bits per heavy atom. The first-order chi connectivity index (χ1) is 9.95. The molecule has 3 rings (SSSR count). The molecule has 2 heterocycles. The van der Waals surface area contributed by atoms with Crippen molar-refractivity contribution in [1.82, 2.24) is 4.90 Å². The molecule has 6 heteroatoms. The fourth-order valence-corrected chi connectivity index (χ4v) is 5.10. The number of sulfone groups is 1. The molecule has 0 spiro atoms. The highest BCUT2D eigenvalue weighted by Gasteiger charge is 2.40. The zero-order valence-electron chi connectivity index (χ0n) is 11.8. The van der Waals surface area contributed by atoms with Gasteiger partial charge in [-0.1, -0.05) is 15.9 Å². The molecule has 0 radical (unpaired) electrons. The zero-order valence-corrected chi connectivity index (χ0v) is 14.2. The third-order valence-electron chi connectivity index (χ3n) is 4.65. The summed E-state index contributed by atoms with van der Waals surface area (Å²) in [7, 11) is -3.23. The van der Waals surface area contributed by atoms with Gasteiger partial charge in [-0.15, -0.1) is 0 Å². The fourth-order valence-electron chi connectivity index (χ4n) is 3.60. The van der Waals surface area contributed by atoms with Crippen molar-refractivity contribution in [3.05, 3.63) is 28.7 Å². The molecule has 2 atom stereocenters. The highest BCUT2D eigenvalue weighted by molar-refractivity contribution is 9.10.